The molecule has 0 fully saturated rings. The van der Waals surface area contributed by atoms with E-state index in [1.165, 1.54) is 12.1 Å². The van der Waals surface area contributed by atoms with E-state index in [0.29, 0.717) is 16.7 Å². The Morgan fingerprint density at radius 2 is 2.15 bits per heavy atom. The third-order valence-corrected chi connectivity index (χ3v) is 3.62. The molecule has 3 nitrogen and oxygen atoms in total. The molecule has 0 bridgehead atoms. The molecular formula is C14H15BrF2N2O. The van der Waals surface area contributed by atoms with E-state index >= 15 is 0 Å². The predicted molar refractivity (Wildman–Crippen MR) is 75.2 cm³/mol. The molecule has 1 N–H and O–H groups in total. The Morgan fingerprint density at radius 3 is 2.80 bits per heavy atom. The van der Waals surface area contributed by atoms with Crippen molar-refractivity contribution in [2.45, 2.75) is 32.4 Å². The summed E-state index contributed by atoms with van der Waals surface area (Å²) in [5.74, 6) is -1.28. The highest BCUT2D eigenvalue weighted by Crippen LogP contribution is 2.27. The molecule has 0 aliphatic heterocycles. The molecule has 1 unspecified atom stereocenters. The second-order valence-corrected chi connectivity index (χ2v) is 5.41. The van der Waals surface area contributed by atoms with Crippen LogP contribution in [0.2, 0.25) is 0 Å². The molecule has 1 aromatic carbocycles. The summed E-state index contributed by atoms with van der Waals surface area (Å²) in [5, 5.41) is 14.5. The molecule has 108 valence electrons. The normalized spacial score (nSPS) is 12.7. The monoisotopic (exact) mass is 344 g/mol. The Kier molecular flexibility index (Phi) is 4.88. The fourth-order valence-electron chi connectivity index (χ4n) is 2.09. The number of aliphatic hydroxyl groups excluding tert-OH is 1. The molecule has 0 amide bonds. The third-order valence-electron chi connectivity index (χ3n) is 3.01. The lowest BCUT2D eigenvalue weighted by atomic mass is 10.0. The average molecular weight is 345 g/mol. The minimum absolute atomic E-state index is 0.0696. The quantitative estimate of drug-likeness (QED) is 0.899. The Balaban J connectivity index is 2.23. The van der Waals surface area contributed by atoms with Gasteiger partial charge >= 0.3 is 0 Å². The zero-order valence-corrected chi connectivity index (χ0v) is 12.6. The number of benzene rings is 1. The zero-order chi connectivity index (χ0) is 14.7. The molecule has 0 radical (unpaired) electrons. The smallest absolute Gasteiger partial charge is 0.129 e. The lowest BCUT2D eigenvalue weighted by Gasteiger charge is -2.14. The maximum absolute atomic E-state index is 13.6. The standard InChI is InChI=1S/C14H15BrF2N2O/c1-2-5-19-14(11(15)8-18-19)13(20)6-9-3-4-10(16)7-12(9)17/h3-4,7-8,13,20H,2,5-6H2,1H3. The second-order valence-electron chi connectivity index (χ2n) is 4.56. The zero-order valence-electron chi connectivity index (χ0n) is 11.0. The van der Waals surface area contributed by atoms with Crippen LogP contribution < -0.4 is 0 Å². The van der Waals surface area contributed by atoms with E-state index < -0.39 is 17.7 Å². The maximum Gasteiger partial charge on any atom is 0.129 e. The lowest BCUT2D eigenvalue weighted by molar-refractivity contribution is 0.164. The summed E-state index contributed by atoms with van der Waals surface area (Å²) in [6, 6.07) is 3.35. The molecule has 1 atom stereocenters. The molecule has 0 spiro atoms. The van der Waals surface area contributed by atoms with Gasteiger partial charge in [0, 0.05) is 19.0 Å². The number of aliphatic hydroxyl groups is 1. The summed E-state index contributed by atoms with van der Waals surface area (Å²) in [7, 11) is 0. The number of rotatable bonds is 5. The fraction of sp³-hybridized carbons (Fsp3) is 0.357. The number of aromatic nitrogens is 2. The first kappa shape index (κ1) is 15.1. The number of hydrogen-bond donors (Lipinski definition) is 1. The molecule has 0 aliphatic rings. The minimum Gasteiger partial charge on any atom is -0.386 e. The van der Waals surface area contributed by atoms with E-state index in [0.717, 1.165) is 12.5 Å². The largest absolute Gasteiger partial charge is 0.386 e. The number of halogens is 3. The van der Waals surface area contributed by atoms with Crippen LogP contribution in [0.1, 0.15) is 30.7 Å². The SMILES string of the molecule is CCCn1ncc(Br)c1C(O)Cc1ccc(F)cc1F. The topological polar surface area (TPSA) is 38.0 Å². The maximum atomic E-state index is 13.6. The Labute approximate surface area is 124 Å². The number of aryl methyl sites for hydroxylation is 1. The summed E-state index contributed by atoms with van der Waals surface area (Å²) in [6.45, 7) is 2.68. The van der Waals surface area contributed by atoms with Crippen molar-refractivity contribution in [3.05, 3.63) is 51.8 Å². The van der Waals surface area contributed by atoms with Crippen LogP contribution in [0.4, 0.5) is 8.78 Å². The molecule has 0 aliphatic carbocycles. The van der Waals surface area contributed by atoms with Crippen LogP contribution in [0, 0.1) is 11.6 Å². The highest BCUT2D eigenvalue weighted by atomic mass is 79.9. The van der Waals surface area contributed by atoms with Crippen LogP contribution >= 0.6 is 15.9 Å². The van der Waals surface area contributed by atoms with Crippen LogP contribution in [-0.2, 0) is 13.0 Å². The van der Waals surface area contributed by atoms with Crippen LogP contribution in [0.15, 0.2) is 28.9 Å². The van der Waals surface area contributed by atoms with Crippen LogP contribution in [0.3, 0.4) is 0 Å². The van der Waals surface area contributed by atoms with Gasteiger partial charge in [0.2, 0.25) is 0 Å². The summed E-state index contributed by atoms with van der Waals surface area (Å²) in [5.41, 5.74) is 0.880. The molecule has 1 aromatic heterocycles. The van der Waals surface area contributed by atoms with Crippen molar-refractivity contribution in [2.75, 3.05) is 0 Å². The molecule has 0 saturated heterocycles. The highest BCUT2D eigenvalue weighted by Gasteiger charge is 2.19. The minimum atomic E-state index is -0.904. The van der Waals surface area contributed by atoms with Crippen molar-refractivity contribution in [3.8, 4) is 0 Å². The molecule has 2 aromatic rings. The van der Waals surface area contributed by atoms with Gasteiger partial charge in [0.25, 0.3) is 0 Å². The van der Waals surface area contributed by atoms with E-state index in [4.69, 9.17) is 0 Å². The second kappa shape index (κ2) is 6.45. The Morgan fingerprint density at radius 1 is 1.40 bits per heavy atom. The summed E-state index contributed by atoms with van der Waals surface area (Å²) < 4.78 is 28.9. The molecule has 20 heavy (non-hydrogen) atoms. The average Bonchev–Trinajstić information content (AvgIpc) is 2.74. The first-order chi connectivity index (χ1) is 9.52. The van der Waals surface area contributed by atoms with Gasteiger partial charge in [-0.3, -0.25) is 4.68 Å². The fourth-order valence-corrected chi connectivity index (χ4v) is 2.65. The van der Waals surface area contributed by atoms with Gasteiger partial charge in [-0.2, -0.15) is 5.10 Å². The van der Waals surface area contributed by atoms with Gasteiger partial charge in [-0.05, 0) is 34.0 Å². The van der Waals surface area contributed by atoms with E-state index in [1.54, 1.807) is 10.9 Å². The van der Waals surface area contributed by atoms with Gasteiger partial charge in [0.1, 0.15) is 17.7 Å². The molecular weight excluding hydrogens is 330 g/mol. The van der Waals surface area contributed by atoms with Gasteiger partial charge in [0.05, 0.1) is 16.4 Å². The van der Waals surface area contributed by atoms with Crippen molar-refractivity contribution in [2.24, 2.45) is 0 Å². The van der Waals surface area contributed by atoms with Gasteiger partial charge in [-0.15, -0.1) is 0 Å². The van der Waals surface area contributed by atoms with Gasteiger partial charge in [-0.25, -0.2) is 8.78 Å². The van der Waals surface area contributed by atoms with E-state index in [9.17, 15) is 13.9 Å². The molecule has 6 heteroatoms. The van der Waals surface area contributed by atoms with Gasteiger partial charge in [-0.1, -0.05) is 13.0 Å². The van der Waals surface area contributed by atoms with Crippen molar-refractivity contribution < 1.29 is 13.9 Å². The van der Waals surface area contributed by atoms with E-state index in [2.05, 4.69) is 21.0 Å². The first-order valence-electron chi connectivity index (χ1n) is 6.36. The summed E-state index contributed by atoms with van der Waals surface area (Å²) in [6.07, 6.45) is 1.65. The Hall–Kier alpha value is -1.27. The summed E-state index contributed by atoms with van der Waals surface area (Å²) >= 11 is 3.33. The van der Waals surface area contributed by atoms with Gasteiger partial charge < -0.3 is 5.11 Å². The third kappa shape index (κ3) is 3.24. The number of hydrogen-bond acceptors (Lipinski definition) is 2. The molecule has 2 rings (SSSR count). The molecule has 1 heterocycles. The number of nitrogens with zero attached hydrogens (tertiary/aromatic N) is 2. The first-order valence-corrected chi connectivity index (χ1v) is 7.15. The van der Waals surface area contributed by atoms with Crippen molar-refractivity contribution >= 4 is 15.9 Å². The lowest BCUT2D eigenvalue weighted by Crippen LogP contribution is -2.12. The van der Waals surface area contributed by atoms with Crippen LogP contribution in [0.5, 0.6) is 0 Å². The molecule has 0 saturated carbocycles. The highest BCUT2D eigenvalue weighted by molar-refractivity contribution is 9.10. The van der Waals surface area contributed by atoms with Crippen molar-refractivity contribution in [1.82, 2.24) is 9.78 Å². The van der Waals surface area contributed by atoms with Gasteiger partial charge in [0.15, 0.2) is 0 Å². The van der Waals surface area contributed by atoms with Crippen molar-refractivity contribution in [1.29, 1.82) is 0 Å². The van der Waals surface area contributed by atoms with E-state index in [1.807, 2.05) is 6.92 Å². The Bertz CT molecular complexity index is 601. The summed E-state index contributed by atoms with van der Waals surface area (Å²) in [4.78, 5) is 0. The van der Waals surface area contributed by atoms with Crippen molar-refractivity contribution in [3.63, 3.8) is 0 Å². The predicted octanol–water partition coefficient (Wildman–Crippen LogP) is 3.61. The van der Waals surface area contributed by atoms with E-state index in [-0.39, 0.29) is 12.0 Å². The van der Waals surface area contributed by atoms with Crippen LogP contribution in [0.25, 0.3) is 0 Å². The van der Waals surface area contributed by atoms with Crippen LogP contribution in [-0.4, -0.2) is 14.9 Å².